The van der Waals surface area contributed by atoms with E-state index in [1.54, 1.807) is 12.4 Å². The molecule has 0 aromatic carbocycles. The Hall–Kier alpha value is -1.69. The van der Waals surface area contributed by atoms with Crippen LogP contribution in [0.5, 0.6) is 0 Å². The Morgan fingerprint density at radius 2 is 2.47 bits per heavy atom. The highest BCUT2D eigenvalue weighted by Crippen LogP contribution is 2.25. The summed E-state index contributed by atoms with van der Waals surface area (Å²) in [6, 6.07) is 0. The first-order valence-electron chi connectivity index (χ1n) is 4.34. The zero-order chi connectivity index (χ0) is 10.8. The molecular formula is C9H9N3O2S. The first kappa shape index (κ1) is 9.85. The molecule has 78 valence electrons. The van der Waals surface area contributed by atoms with Gasteiger partial charge in [-0.05, 0) is 6.92 Å². The minimum absolute atomic E-state index is 0.0386. The molecule has 0 saturated carbocycles. The average Bonchev–Trinajstić information content (AvgIpc) is 2.75. The monoisotopic (exact) mass is 223 g/mol. The number of hydrogen-bond donors (Lipinski definition) is 2. The Balaban J connectivity index is 2.33. The summed E-state index contributed by atoms with van der Waals surface area (Å²) in [5.74, 6) is -0.186. The molecule has 0 radical (unpaired) electrons. The lowest BCUT2D eigenvalue weighted by Gasteiger charge is -1.90. The van der Waals surface area contributed by atoms with Crippen LogP contribution in [0.15, 0.2) is 12.4 Å². The molecule has 5 nitrogen and oxygen atoms in total. The lowest BCUT2D eigenvalue weighted by Crippen LogP contribution is -2.01. The second kappa shape index (κ2) is 3.82. The second-order valence-electron chi connectivity index (χ2n) is 3.03. The van der Waals surface area contributed by atoms with Gasteiger partial charge in [0.1, 0.15) is 0 Å². The fourth-order valence-corrected chi connectivity index (χ4v) is 2.11. The SMILES string of the molecule is Cc1sc(-c2ncc[nH]2)nc1CC(=O)O. The third-order valence-corrected chi connectivity index (χ3v) is 2.93. The quantitative estimate of drug-likeness (QED) is 0.825. The summed E-state index contributed by atoms with van der Waals surface area (Å²) in [5, 5.41) is 9.40. The molecule has 0 aliphatic carbocycles. The van der Waals surface area contributed by atoms with Gasteiger partial charge in [-0.1, -0.05) is 0 Å². The number of thiazole rings is 1. The summed E-state index contributed by atoms with van der Waals surface area (Å²) < 4.78 is 0. The van der Waals surface area contributed by atoms with Crippen LogP contribution in [0, 0.1) is 6.92 Å². The number of nitrogens with one attached hydrogen (secondary N) is 1. The van der Waals surface area contributed by atoms with E-state index in [9.17, 15) is 4.79 Å². The first-order chi connectivity index (χ1) is 7.16. The van der Waals surface area contributed by atoms with Crippen LogP contribution in [0.3, 0.4) is 0 Å². The number of H-pyrrole nitrogens is 1. The highest BCUT2D eigenvalue weighted by molar-refractivity contribution is 7.15. The van der Waals surface area contributed by atoms with Crippen molar-refractivity contribution in [1.82, 2.24) is 15.0 Å². The molecule has 2 aromatic heterocycles. The fourth-order valence-electron chi connectivity index (χ4n) is 1.22. The number of aromatic nitrogens is 3. The summed E-state index contributed by atoms with van der Waals surface area (Å²) in [4.78, 5) is 22.7. The molecule has 6 heteroatoms. The van der Waals surface area contributed by atoms with Gasteiger partial charge in [0.05, 0.1) is 12.1 Å². The van der Waals surface area contributed by atoms with Crippen molar-refractivity contribution in [1.29, 1.82) is 0 Å². The molecule has 0 atom stereocenters. The van der Waals surface area contributed by atoms with Crippen LogP contribution < -0.4 is 0 Å². The van der Waals surface area contributed by atoms with Crippen molar-refractivity contribution < 1.29 is 9.90 Å². The smallest absolute Gasteiger partial charge is 0.309 e. The molecular weight excluding hydrogens is 214 g/mol. The Bertz CT molecular complexity index is 476. The zero-order valence-corrected chi connectivity index (χ0v) is 8.84. The van der Waals surface area contributed by atoms with Gasteiger partial charge in [-0.2, -0.15) is 0 Å². The van der Waals surface area contributed by atoms with E-state index in [4.69, 9.17) is 5.11 Å². The van der Waals surface area contributed by atoms with Gasteiger partial charge in [-0.3, -0.25) is 4.79 Å². The predicted molar refractivity (Wildman–Crippen MR) is 55.8 cm³/mol. The van der Waals surface area contributed by atoms with Crippen LogP contribution in [0.25, 0.3) is 10.8 Å². The van der Waals surface area contributed by atoms with Gasteiger partial charge < -0.3 is 10.1 Å². The van der Waals surface area contributed by atoms with Crippen molar-refractivity contribution in [2.24, 2.45) is 0 Å². The van der Waals surface area contributed by atoms with Crippen LogP contribution >= 0.6 is 11.3 Å². The average molecular weight is 223 g/mol. The highest BCUT2D eigenvalue weighted by atomic mass is 32.1. The maximum absolute atomic E-state index is 10.6. The zero-order valence-electron chi connectivity index (χ0n) is 8.02. The molecule has 0 aliphatic heterocycles. The number of rotatable bonds is 3. The number of aliphatic carboxylic acids is 1. The molecule has 0 amide bonds. The third-order valence-electron chi connectivity index (χ3n) is 1.91. The topological polar surface area (TPSA) is 78.9 Å². The number of nitrogens with zero attached hydrogens (tertiary/aromatic N) is 2. The molecule has 0 fully saturated rings. The number of carboxylic acids is 1. The van der Waals surface area contributed by atoms with Crippen molar-refractivity contribution in [3.63, 3.8) is 0 Å². The second-order valence-corrected chi connectivity index (χ2v) is 4.23. The van der Waals surface area contributed by atoms with Crippen molar-refractivity contribution >= 4 is 17.3 Å². The summed E-state index contributed by atoms with van der Waals surface area (Å²) in [7, 11) is 0. The molecule has 0 spiro atoms. The van der Waals surface area contributed by atoms with E-state index in [2.05, 4.69) is 15.0 Å². The van der Waals surface area contributed by atoms with E-state index < -0.39 is 5.97 Å². The highest BCUT2D eigenvalue weighted by Gasteiger charge is 2.13. The molecule has 2 rings (SSSR count). The lowest BCUT2D eigenvalue weighted by atomic mass is 10.3. The number of carboxylic acid groups (broad SMARTS) is 1. The van der Waals surface area contributed by atoms with Crippen molar-refractivity contribution in [2.45, 2.75) is 13.3 Å². The maximum atomic E-state index is 10.6. The predicted octanol–water partition coefficient (Wildman–Crippen LogP) is 1.47. The first-order valence-corrected chi connectivity index (χ1v) is 5.16. The van der Waals surface area contributed by atoms with Crippen LogP contribution in [-0.2, 0) is 11.2 Å². The summed E-state index contributed by atoms with van der Waals surface area (Å²) in [6.07, 6.45) is 3.31. The number of aromatic amines is 1. The van der Waals surface area contributed by atoms with Crippen molar-refractivity contribution in [2.75, 3.05) is 0 Å². The minimum atomic E-state index is -0.866. The molecule has 2 N–H and O–H groups in total. The van der Waals surface area contributed by atoms with Crippen LogP contribution in [0.1, 0.15) is 10.6 Å². The number of carbonyl (C=O) groups is 1. The molecule has 2 heterocycles. The molecule has 2 aromatic rings. The maximum Gasteiger partial charge on any atom is 0.309 e. The van der Waals surface area contributed by atoms with E-state index in [1.165, 1.54) is 11.3 Å². The normalized spacial score (nSPS) is 10.5. The van der Waals surface area contributed by atoms with Crippen LogP contribution in [0.4, 0.5) is 0 Å². The third kappa shape index (κ3) is 2.04. The molecule has 0 bridgehead atoms. The molecule has 15 heavy (non-hydrogen) atoms. The van der Waals surface area contributed by atoms with Gasteiger partial charge in [-0.25, -0.2) is 9.97 Å². The van der Waals surface area contributed by atoms with E-state index in [0.29, 0.717) is 11.5 Å². The van der Waals surface area contributed by atoms with Gasteiger partial charge in [0, 0.05) is 17.3 Å². The Morgan fingerprint density at radius 1 is 1.67 bits per heavy atom. The van der Waals surface area contributed by atoms with Gasteiger partial charge in [-0.15, -0.1) is 11.3 Å². The Labute approximate surface area is 89.8 Å². The van der Waals surface area contributed by atoms with Gasteiger partial charge in [0.2, 0.25) is 0 Å². The molecule has 0 unspecified atom stereocenters. The number of imidazole rings is 1. The number of aryl methyl sites for hydroxylation is 1. The van der Waals surface area contributed by atoms with Crippen molar-refractivity contribution in [3.05, 3.63) is 23.0 Å². The summed E-state index contributed by atoms with van der Waals surface area (Å²) in [5.41, 5.74) is 0.610. The van der Waals surface area contributed by atoms with Crippen LogP contribution in [-0.4, -0.2) is 26.0 Å². The number of hydrogen-bond acceptors (Lipinski definition) is 4. The van der Waals surface area contributed by atoms with E-state index in [-0.39, 0.29) is 6.42 Å². The Morgan fingerprint density at radius 3 is 3.07 bits per heavy atom. The Kier molecular flexibility index (Phi) is 2.51. The standard InChI is InChI=1S/C9H9N3O2S/c1-5-6(4-7(13)14)12-9(15-5)8-10-2-3-11-8/h2-3H,4H2,1H3,(H,10,11)(H,13,14). The minimum Gasteiger partial charge on any atom is -0.481 e. The molecule has 0 aliphatic rings. The van der Waals surface area contributed by atoms with Gasteiger partial charge in [0.15, 0.2) is 10.8 Å². The molecule has 0 saturated heterocycles. The van der Waals surface area contributed by atoms with E-state index >= 15 is 0 Å². The summed E-state index contributed by atoms with van der Waals surface area (Å²) >= 11 is 1.45. The van der Waals surface area contributed by atoms with E-state index in [1.807, 2.05) is 6.92 Å². The lowest BCUT2D eigenvalue weighted by molar-refractivity contribution is -0.136. The largest absolute Gasteiger partial charge is 0.481 e. The fraction of sp³-hybridized carbons (Fsp3) is 0.222. The van der Waals surface area contributed by atoms with E-state index in [0.717, 1.165) is 9.88 Å². The van der Waals surface area contributed by atoms with Crippen LogP contribution in [0.2, 0.25) is 0 Å². The van der Waals surface area contributed by atoms with Gasteiger partial charge in [0.25, 0.3) is 0 Å². The van der Waals surface area contributed by atoms with Crippen molar-refractivity contribution in [3.8, 4) is 10.8 Å². The summed E-state index contributed by atoms with van der Waals surface area (Å²) in [6.45, 7) is 1.86. The van der Waals surface area contributed by atoms with Gasteiger partial charge >= 0.3 is 5.97 Å².